The Morgan fingerprint density at radius 2 is 2.17 bits per heavy atom. The molecule has 2 heteroatoms. The lowest BCUT2D eigenvalue weighted by atomic mass is 10.1. The van der Waals surface area contributed by atoms with Crippen LogP contribution in [0.4, 0.5) is 0 Å². The zero-order valence-electron chi connectivity index (χ0n) is 6.91. The Hall–Kier alpha value is -1.15. The van der Waals surface area contributed by atoms with Gasteiger partial charge >= 0.3 is 0 Å². The van der Waals surface area contributed by atoms with E-state index in [9.17, 15) is 4.79 Å². The van der Waals surface area contributed by atoms with Crippen molar-refractivity contribution in [1.82, 2.24) is 0 Å². The molecule has 0 spiro atoms. The van der Waals surface area contributed by atoms with Crippen LogP contribution in [0.15, 0.2) is 24.3 Å². The van der Waals surface area contributed by atoms with Crippen LogP contribution in [0.1, 0.15) is 15.9 Å². The Balaban J connectivity index is 2.42. The third-order valence-electron chi connectivity index (χ3n) is 2.27. The maximum atomic E-state index is 11.5. The molecule has 1 unspecified atom stereocenters. The molecular formula is C10H10O2. The lowest BCUT2D eigenvalue weighted by Gasteiger charge is -2.02. The fourth-order valence-corrected chi connectivity index (χ4v) is 1.59. The van der Waals surface area contributed by atoms with Gasteiger partial charge in [-0.3, -0.25) is 4.79 Å². The number of hydrogen-bond donors (Lipinski definition) is 0. The minimum Gasteiger partial charge on any atom is -0.373 e. The molecule has 12 heavy (non-hydrogen) atoms. The number of ketones is 1. The third kappa shape index (κ3) is 0.959. The van der Waals surface area contributed by atoms with Crippen molar-refractivity contribution in [2.75, 3.05) is 7.11 Å². The van der Waals surface area contributed by atoms with Gasteiger partial charge in [0, 0.05) is 19.1 Å². The highest BCUT2D eigenvalue weighted by Gasteiger charge is 2.29. The standard InChI is InChI=1S/C10H10O2/c1-12-9-6-7-4-2-3-5-8(7)10(9)11/h2-5,9H,6H2,1H3. The molecule has 0 saturated heterocycles. The molecule has 1 aliphatic rings. The van der Waals surface area contributed by atoms with Crippen molar-refractivity contribution in [3.63, 3.8) is 0 Å². The molecule has 1 atom stereocenters. The number of ether oxygens (including phenoxy) is 1. The van der Waals surface area contributed by atoms with Crippen molar-refractivity contribution < 1.29 is 9.53 Å². The number of carbonyl (C=O) groups is 1. The van der Waals surface area contributed by atoms with Gasteiger partial charge in [0.2, 0.25) is 0 Å². The SMILES string of the molecule is COC1Cc2ccccc2C1=O. The number of benzene rings is 1. The van der Waals surface area contributed by atoms with Crippen molar-refractivity contribution in [3.05, 3.63) is 35.4 Å². The van der Waals surface area contributed by atoms with Gasteiger partial charge in [0.25, 0.3) is 0 Å². The van der Waals surface area contributed by atoms with Gasteiger partial charge in [-0.15, -0.1) is 0 Å². The van der Waals surface area contributed by atoms with Gasteiger partial charge in [-0.2, -0.15) is 0 Å². The van der Waals surface area contributed by atoms with Gasteiger partial charge in [0.1, 0.15) is 6.10 Å². The summed E-state index contributed by atoms with van der Waals surface area (Å²) in [6.07, 6.45) is 0.480. The first-order chi connectivity index (χ1) is 5.83. The van der Waals surface area contributed by atoms with Crippen molar-refractivity contribution in [2.45, 2.75) is 12.5 Å². The molecule has 1 aliphatic carbocycles. The van der Waals surface area contributed by atoms with Gasteiger partial charge in [-0.25, -0.2) is 0 Å². The number of Topliss-reactive ketones (excluding diaryl/α,β-unsaturated/α-hetero) is 1. The summed E-state index contributed by atoms with van der Waals surface area (Å²) in [7, 11) is 1.58. The molecule has 0 N–H and O–H groups in total. The first kappa shape index (κ1) is 7.50. The topological polar surface area (TPSA) is 26.3 Å². The number of rotatable bonds is 1. The van der Waals surface area contributed by atoms with E-state index in [0.29, 0.717) is 0 Å². The van der Waals surface area contributed by atoms with E-state index < -0.39 is 0 Å². The molecule has 0 aromatic heterocycles. The van der Waals surface area contributed by atoms with Crippen molar-refractivity contribution in [1.29, 1.82) is 0 Å². The first-order valence-electron chi connectivity index (χ1n) is 3.98. The molecule has 0 heterocycles. The van der Waals surface area contributed by atoms with E-state index in [1.807, 2.05) is 24.3 Å². The summed E-state index contributed by atoms with van der Waals surface area (Å²) >= 11 is 0. The zero-order chi connectivity index (χ0) is 8.55. The van der Waals surface area contributed by atoms with Gasteiger partial charge in [-0.05, 0) is 5.56 Å². The quantitative estimate of drug-likeness (QED) is 0.624. The van der Waals surface area contributed by atoms with Crippen LogP contribution in [0.5, 0.6) is 0 Å². The summed E-state index contributed by atoms with van der Waals surface area (Å²) in [6, 6.07) is 7.67. The zero-order valence-corrected chi connectivity index (χ0v) is 6.91. The molecule has 0 saturated carbocycles. The Morgan fingerprint density at radius 3 is 2.83 bits per heavy atom. The van der Waals surface area contributed by atoms with E-state index in [2.05, 4.69) is 0 Å². The second-order valence-electron chi connectivity index (χ2n) is 2.95. The molecule has 0 amide bonds. The highest BCUT2D eigenvalue weighted by atomic mass is 16.5. The summed E-state index contributed by atoms with van der Waals surface area (Å²) < 4.78 is 5.06. The van der Waals surface area contributed by atoms with Gasteiger partial charge in [0.05, 0.1) is 0 Å². The first-order valence-corrected chi connectivity index (χ1v) is 3.98. The summed E-state index contributed by atoms with van der Waals surface area (Å²) in [5.74, 6) is 0.119. The lowest BCUT2D eigenvalue weighted by Crippen LogP contribution is -2.17. The average molecular weight is 162 g/mol. The molecule has 0 radical (unpaired) electrons. The highest BCUT2D eigenvalue weighted by molar-refractivity contribution is 6.03. The molecule has 62 valence electrons. The summed E-state index contributed by atoms with van der Waals surface area (Å²) in [6.45, 7) is 0. The smallest absolute Gasteiger partial charge is 0.192 e. The fourth-order valence-electron chi connectivity index (χ4n) is 1.59. The van der Waals surface area contributed by atoms with E-state index >= 15 is 0 Å². The van der Waals surface area contributed by atoms with Crippen LogP contribution in [0.25, 0.3) is 0 Å². The van der Waals surface area contributed by atoms with E-state index in [-0.39, 0.29) is 11.9 Å². The molecule has 0 bridgehead atoms. The van der Waals surface area contributed by atoms with E-state index in [0.717, 1.165) is 17.5 Å². The average Bonchev–Trinajstić information content (AvgIpc) is 2.44. The van der Waals surface area contributed by atoms with Crippen LogP contribution in [0, 0.1) is 0 Å². The van der Waals surface area contributed by atoms with Crippen LogP contribution in [0.3, 0.4) is 0 Å². The van der Waals surface area contributed by atoms with Crippen molar-refractivity contribution in [3.8, 4) is 0 Å². The van der Waals surface area contributed by atoms with Crippen LogP contribution in [-0.4, -0.2) is 19.0 Å². The Morgan fingerprint density at radius 1 is 1.42 bits per heavy atom. The molecule has 2 rings (SSSR count). The van der Waals surface area contributed by atoms with E-state index in [1.54, 1.807) is 7.11 Å². The number of methoxy groups -OCH3 is 1. The van der Waals surface area contributed by atoms with E-state index in [4.69, 9.17) is 4.74 Å². The molecule has 0 fully saturated rings. The second-order valence-corrected chi connectivity index (χ2v) is 2.95. The summed E-state index contributed by atoms with van der Waals surface area (Å²) in [5, 5.41) is 0. The maximum absolute atomic E-state index is 11.5. The summed E-state index contributed by atoms with van der Waals surface area (Å²) in [4.78, 5) is 11.5. The predicted octanol–water partition coefficient (Wildman–Crippen LogP) is 1.44. The van der Waals surface area contributed by atoms with Gasteiger partial charge in [0.15, 0.2) is 5.78 Å². The van der Waals surface area contributed by atoms with Gasteiger partial charge < -0.3 is 4.74 Å². The fraction of sp³-hybridized carbons (Fsp3) is 0.300. The minimum atomic E-state index is -0.248. The monoisotopic (exact) mass is 162 g/mol. The number of hydrogen-bond acceptors (Lipinski definition) is 2. The molecular weight excluding hydrogens is 152 g/mol. The molecule has 0 aliphatic heterocycles. The minimum absolute atomic E-state index is 0.119. The molecule has 2 nitrogen and oxygen atoms in total. The van der Waals surface area contributed by atoms with Crippen LogP contribution in [0.2, 0.25) is 0 Å². The number of fused-ring (bicyclic) bond motifs is 1. The largest absolute Gasteiger partial charge is 0.373 e. The maximum Gasteiger partial charge on any atom is 0.192 e. The Labute approximate surface area is 71.2 Å². The van der Waals surface area contributed by atoms with Crippen LogP contribution in [-0.2, 0) is 11.2 Å². The molecule has 1 aromatic rings. The predicted molar refractivity (Wildman–Crippen MR) is 45.3 cm³/mol. The lowest BCUT2D eigenvalue weighted by molar-refractivity contribution is 0.0646. The third-order valence-corrected chi connectivity index (χ3v) is 2.27. The Kier molecular flexibility index (Phi) is 1.70. The van der Waals surface area contributed by atoms with Crippen molar-refractivity contribution in [2.24, 2.45) is 0 Å². The normalized spacial score (nSPS) is 21.1. The van der Waals surface area contributed by atoms with Crippen molar-refractivity contribution >= 4 is 5.78 Å². The van der Waals surface area contributed by atoms with Crippen LogP contribution >= 0.6 is 0 Å². The highest BCUT2D eigenvalue weighted by Crippen LogP contribution is 2.23. The molecule has 1 aromatic carbocycles. The second kappa shape index (κ2) is 2.72. The van der Waals surface area contributed by atoms with Gasteiger partial charge in [-0.1, -0.05) is 24.3 Å². The van der Waals surface area contributed by atoms with Crippen LogP contribution < -0.4 is 0 Å². The number of carbonyl (C=O) groups excluding carboxylic acids is 1. The van der Waals surface area contributed by atoms with E-state index in [1.165, 1.54) is 0 Å². The summed E-state index contributed by atoms with van der Waals surface area (Å²) in [5.41, 5.74) is 1.93. The Bertz CT molecular complexity index is 317.